The van der Waals surface area contributed by atoms with Gasteiger partial charge in [0.05, 0.1) is 26.1 Å². The maximum Gasteiger partial charge on any atom is 0.306 e. The van der Waals surface area contributed by atoms with Crippen molar-refractivity contribution in [2.24, 2.45) is 11.7 Å². The number of primary amides is 1. The SMILES string of the molecule is CCOC(=O)CCC(=O)N[C@@H](C(N)=O)[C@H](C)CC(=O)OCC. The first-order chi connectivity index (χ1) is 10.3. The van der Waals surface area contributed by atoms with Gasteiger partial charge < -0.3 is 20.5 Å². The summed E-state index contributed by atoms with van der Waals surface area (Å²) in [5, 5.41) is 2.43. The molecule has 0 spiro atoms. The Bertz CT molecular complexity index is 410. The molecule has 0 fully saturated rings. The summed E-state index contributed by atoms with van der Waals surface area (Å²) in [4.78, 5) is 45.7. The lowest BCUT2D eigenvalue weighted by Gasteiger charge is -2.21. The van der Waals surface area contributed by atoms with Gasteiger partial charge in [-0.05, 0) is 19.8 Å². The van der Waals surface area contributed by atoms with Crippen molar-refractivity contribution in [2.45, 2.75) is 46.1 Å². The Kier molecular flexibility index (Phi) is 9.56. The number of rotatable bonds is 10. The average Bonchev–Trinajstić information content (AvgIpc) is 2.42. The topological polar surface area (TPSA) is 125 Å². The van der Waals surface area contributed by atoms with E-state index < -0.39 is 35.7 Å². The first kappa shape index (κ1) is 19.9. The molecule has 126 valence electrons. The molecule has 2 amide bonds. The Hall–Kier alpha value is -2.12. The summed E-state index contributed by atoms with van der Waals surface area (Å²) in [6, 6.07) is -1.00. The average molecular weight is 316 g/mol. The quantitative estimate of drug-likeness (QED) is 0.542. The highest BCUT2D eigenvalue weighted by Gasteiger charge is 2.27. The van der Waals surface area contributed by atoms with Gasteiger partial charge in [-0.2, -0.15) is 0 Å². The van der Waals surface area contributed by atoms with E-state index in [2.05, 4.69) is 5.32 Å². The van der Waals surface area contributed by atoms with Crippen molar-refractivity contribution >= 4 is 23.8 Å². The van der Waals surface area contributed by atoms with Crippen LogP contribution in [0.2, 0.25) is 0 Å². The fourth-order valence-corrected chi connectivity index (χ4v) is 1.79. The summed E-state index contributed by atoms with van der Waals surface area (Å²) in [6.45, 7) is 5.42. The van der Waals surface area contributed by atoms with Crippen LogP contribution in [0.1, 0.15) is 40.0 Å². The molecule has 22 heavy (non-hydrogen) atoms. The Balaban J connectivity index is 4.44. The summed E-state index contributed by atoms with van der Waals surface area (Å²) in [7, 11) is 0. The van der Waals surface area contributed by atoms with Gasteiger partial charge in [-0.1, -0.05) is 6.92 Å². The second-order valence-corrected chi connectivity index (χ2v) is 4.74. The van der Waals surface area contributed by atoms with Crippen LogP contribution in [0, 0.1) is 5.92 Å². The number of carbonyl (C=O) groups is 4. The van der Waals surface area contributed by atoms with Crippen LogP contribution in [0.4, 0.5) is 0 Å². The lowest BCUT2D eigenvalue weighted by Crippen LogP contribution is -2.49. The van der Waals surface area contributed by atoms with Crippen LogP contribution in [0.3, 0.4) is 0 Å². The lowest BCUT2D eigenvalue weighted by atomic mass is 9.97. The van der Waals surface area contributed by atoms with Crippen molar-refractivity contribution in [3.63, 3.8) is 0 Å². The van der Waals surface area contributed by atoms with E-state index in [4.69, 9.17) is 15.2 Å². The Morgan fingerprint density at radius 2 is 1.55 bits per heavy atom. The molecule has 0 unspecified atom stereocenters. The van der Waals surface area contributed by atoms with E-state index in [9.17, 15) is 19.2 Å². The second-order valence-electron chi connectivity index (χ2n) is 4.74. The molecule has 2 atom stereocenters. The van der Waals surface area contributed by atoms with E-state index in [1.165, 1.54) is 0 Å². The number of amides is 2. The van der Waals surface area contributed by atoms with Crippen molar-refractivity contribution in [2.75, 3.05) is 13.2 Å². The largest absolute Gasteiger partial charge is 0.466 e. The molecule has 0 saturated carbocycles. The molecule has 0 aromatic rings. The van der Waals surface area contributed by atoms with Gasteiger partial charge in [-0.15, -0.1) is 0 Å². The fourth-order valence-electron chi connectivity index (χ4n) is 1.79. The van der Waals surface area contributed by atoms with E-state index in [1.54, 1.807) is 20.8 Å². The van der Waals surface area contributed by atoms with Crippen LogP contribution >= 0.6 is 0 Å². The molecule has 0 radical (unpaired) electrons. The van der Waals surface area contributed by atoms with E-state index in [1.807, 2.05) is 0 Å². The molecular formula is C14H24N2O6. The minimum absolute atomic E-state index is 0.0421. The standard InChI is InChI=1S/C14H24N2O6/c1-4-21-11(18)7-6-10(17)16-13(14(15)20)9(3)8-12(19)22-5-2/h9,13H,4-8H2,1-3H3,(H2,15,20)(H,16,17)/t9-,13-/m1/s1. The molecule has 0 aliphatic rings. The van der Waals surface area contributed by atoms with Crippen molar-refractivity contribution < 1.29 is 28.7 Å². The van der Waals surface area contributed by atoms with Crippen LogP contribution < -0.4 is 11.1 Å². The highest BCUT2D eigenvalue weighted by molar-refractivity contribution is 5.88. The maximum absolute atomic E-state index is 11.7. The molecular weight excluding hydrogens is 292 g/mol. The number of hydrogen-bond donors (Lipinski definition) is 2. The van der Waals surface area contributed by atoms with E-state index in [0.717, 1.165) is 0 Å². The van der Waals surface area contributed by atoms with E-state index in [-0.39, 0.29) is 32.5 Å². The first-order valence-corrected chi connectivity index (χ1v) is 7.21. The zero-order chi connectivity index (χ0) is 17.1. The highest BCUT2D eigenvalue weighted by atomic mass is 16.5. The minimum atomic E-state index is -1.00. The smallest absolute Gasteiger partial charge is 0.306 e. The van der Waals surface area contributed by atoms with Gasteiger partial charge in [-0.3, -0.25) is 19.2 Å². The second kappa shape index (κ2) is 10.6. The lowest BCUT2D eigenvalue weighted by molar-refractivity contribution is -0.144. The monoisotopic (exact) mass is 316 g/mol. The van der Waals surface area contributed by atoms with Crippen molar-refractivity contribution in [3.05, 3.63) is 0 Å². The summed E-state index contributed by atoms with van der Waals surface area (Å²) in [5.41, 5.74) is 5.24. The predicted molar refractivity (Wildman–Crippen MR) is 77.4 cm³/mol. The Morgan fingerprint density at radius 1 is 1.00 bits per heavy atom. The molecule has 0 rings (SSSR count). The minimum Gasteiger partial charge on any atom is -0.466 e. The zero-order valence-corrected chi connectivity index (χ0v) is 13.2. The van der Waals surface area contributed by atoms with Gasteiger partial charge >= 0.3 is 11.9 Å². The maximum atomic E-state index is 11.7. The van der Waals surface area contributed by atoms with Gasteiger partial charge in [0.25, 0.3) is 0 Å². The third kappa shape index (κ3) is 8.23. The molecule has 0 heterocycles. The third-order valence-electron chi connectivity index (χ3n) is 2.85. The molecule has 8 heteroatoms. The Labute approximate surface area is 129 Å². The van der Waals surface area contributed by atoms with Crippen LogP contribution in [0.5, 0.6) is 0 Å². The predicted octanol–water partition coefficient (Wildman–Crippen LogP) is -0.111. The number of nitrogens with one attached hydrogen (secondary N) is 1. The first-order valence-electron chi connectivity index (χ1n) is 7.21. The summed E-state index contributed by atoms with van der Waals surface area (Å²) < 4.78 is 9.49. The number of nitrogens with two attached hydrogens (primary N) is 1. The fraction of sp³-hybridized carbons (Fsp3) is 0.714. The number of hydrogen-bond acceptors (Lipinski definition) is 6. The highest BCUT2D eigenvalue weighted by Crippen LogP contribution is 2.10. The van der Waals surface area contributed by atoms with Gasteiger partial charge in [-0.25, -0.2) is 0 Å². The number of ether oxygens (including phenoxy) is 2. The van der Waals surface area contributed by atoms with Crippen LogP contribution in [0.25, 0.3) is 0 Å². The summed E-state index contributed by atoms with van der Waals surface area (Å²) in [5.74, 6) is -2.73. The van der Waals surface area contributed by atoms with Gasteiger partial charge in [0.1, 0.15) is 6.04 Å². The molecule has 0 aliphatic carbocycles. The van der Waals surface area contributed by atoms with Gasteiger partial charge in [0.15, 0.2) is 0 Å². The molecule has 3 N–H and O–H groups in total. The van der Waals surface area contributed by atoms with Crippen LogP contribution in [-0.2, 0) is 28.7 Å². The number of carbonyl (C=O) groups excluding carboxylic acids is 4. The third-order valence-corrected chi connectivity index (χ3v) is 2.85. The molecule has 0 aliphatic heterocycles. The Morgan fingerprint density at radius 3 is 2.05 bits per heavy atom. The molecule has 8 nitrogen and oxygen atoms in total. The molecule has 0 saturated heterocycles. The summed E-state index contributed by atoms with van der Waals surface area (Å²) >= 11 is 0. The van der Waals surface area contributed by atoms with Crippen LogP contribution in [-0.4, -0.2) is 43.0 Å². The normalized spacial score (nSPS) is 12.9. The van der Waals surface area contributed by atoms with Gasteiger partial charge in [0, 0.05) is 6.42 Å². The van der Waals surface area contributed by atoms with Gasteiger partial charge in [0.2, 0.25) is 11.8 Å². The van der Waals surface area contributed by atoms with E-state index in [0.29, 0.717) is 0 Å². The molecule has 0 aromatic carbocycles. The molecule has 0 aromatic heterocycles. The molecule has 0 bridgehead atoms. The van der Waals surface area contributed by atoms with Crippen LogP contribution in [0.15, 0.2) is 0 Å². The van der Waals surface area contributed by atoms with Crippen molar-refractivity contribution in [1.29, 1.82) is 0 Å². The van der Waals surface area contributed by atoms with Crippen molar-refractivity contribution in [3.8, 4) is 0 Å². The zero-order valence-electron chi connectivity index (χ0n) is 13.2. The summed E-state index contributed by atoms with van der Waals surface area (Å²) in [6.07, 6.45) is -0.244. The van der Waals surface area contributed by atoms with E-state index >= 15 is 0 Å². The van der Waals surface area contributed by atoms with Crippen molar-refractivity contribution in [1.82, 2.24) is 5.32 Å². The number of esters is 2.